The second-order valence-electron chi connectivity index (χ2n) is 4.98. The number of hydrogen-bond acceptors (Lipinski definition) is 4. The highest BCUT2D eigenvalue weighted by atomic mass is 19.1. The van der Waals surface area contributed by atoms with E-state index in [0.29, 0.717) is 5.56 Å². The molecule has 1 atom stereocenters. The van der Waals surface area contributed by atoms with E-state index in [1.165, 1.54) is 6.07 Å². The van der Waals surface area contributed by atoms with E-state index < -0.39 is 6.04 Å². The van der Waals surface area contributed by atoms with E-state index in [1.807, 2.05) is 0 Å². The lowest BCUT2D eigenvalue weighted by Gasteiger charge is -2.27. The molecule has 1 unspecified atom stereocenters. The van der Waals surface area contributed by atoms with E-state index in [4.69, 9.17) is 4.74 Å². The predicted molar refractivity (Wildman–Crippen MR) is 74.8 cm³/mol. The highest BCUT2D eigenvalue weighted by Gasteiger charge is 2.13. The van der Waals surface area contributed by atoms with Crippen LogP contribution in [0.2, 0.25) is 0 Å². The summed E-state index contributed by atoms with van der Waals surface area (Å²) >= 11 is 0. The van der Waals surface area contributed by atoms with Gasteiger partial charge in [0.15, 0.2) is 0 Å². The summed E-state index contributed by atoms with van der Waals surface area (Å²) in [4.78, 5) is 2.31. The van der Waals surface area contributed by atoms with Crippen LogP contribution in [0.15, 0.2) is 18.2 Å². The average molecular weight is 277 g/mol. The molecule has 108 valence electrons. The molecule has 0 aliphatic carbocycles. The number of hydrogen-bond donors (Lipinski definition) is 1. The van der Waals surface area contributed by atoms with Gasteiger partial charge in [-0.3, -0.25) is 10.2 Å². The van der Waals surface area contributed by atoms with Crippen LogP contribution in [0.25, 0.3) is 0 Å². The third kappa shape index (κ3) is 4.01. The summed E-state index contributed by atoms with van der Waals surface area (Å²) in [7, 11) is 0. The van der Waals surface area contributed by atoms with Gasteiger partial charge in [-0.2, -0.15) is 5.26 Å². The normalized spacial score (nSPS) is 17.6. The van der Waals surface area contributed by atoms with Gasteiger partial charge in [0.2, 0.25) is 0 Å². The van der Waals surface area contributed by atoms with E-state index in [0.717, 1.165) is 45.0 Å². The van der Waals surface area contributed by atoms with Crippen molar-refractivity contribution in [2.75, 3.05) is 39.4 Å². The molecule has 2 rings (SSSR count). The molecular formula is C15H20FN3O. The van der Waals surface area contributed by atoms with Crippen molar-refractivity contribution in [2.24, 2.45) is 0 Å². The van der Waals surface area contributed by atoms with Crippen molar-refractivity contribution in [3.05, 3.63) is 35.1 Å². The molecule has 0 radical (unpaired) electrons. The Morgan fingerprint density at radius 1 is 1.45 bits per heavy atom. The summed E-state index contributed by atoms with van der Waals surface area (Å²) in [5, 5.41) is 12.5. The minimum Gasteiger partial charge on any atom is -0.379 e. The summed E-state index contributed by atoms with van der Waals surface area (Å²) in [5.41, 5.74) is 1.38. The fraction of sp³-hybridized carbons (Fsp3) is 0.533. The van der Waals surface area contributed by atoms with Crippen molar-refractivity contribution in [2.45, 2.75) is 13.0 Å². The van der Waals surface area contributed by atoms with Crippen LogP contribution in [-0.2, 0) is 4.74 Å². The zero-order valence-corrected chi connectivity index (χ0v) is 11.7. The lowest BCUT2D eigenvalue weighted by Crippen LogP contribution is -2.40. The molecule has 1 aromatic rings. The predicted octanol–water partition coefficient (Wildman–Crippen LogP) is 1.62. The van der Waals surface area contributed by atoms with Crippen molar-refractivity contribution >= 4 is 0 Å². The SMILES string of the molecule is Cc1cc(C(C#N)NCCN2CCOCC2)ccc1F. The van der Waals surface area contributed by atoms with Crippen molar-refractivity contribution < 1.29 is 9.13 Å². The van der Waals surface area contributed by atoms with Crippen molar-refractivity contribution in [1.82, 2.24) is 10.2 Å². The molecule has 4 nitrogen and oxygen atoms in total. The number of aryl methyl sites for hydroxylation is 1. The van der Waals surface area contributed by atoms with Crippen molar-refractivity contribution in [1.29, 1.82) is 5.26 Å². The Morgan fingerprint density at radius 3 is 2.85 bits per heavy atom. The number of nitriles is 1. The molecule has 1 heterocycles. The van der Waals surface area contributed by atoms with E-state index in [-0.39, 0.29) is 5.82 Å². The molecule has 0 bridgehead atoms. The molecule has 1 saturated heterocycles. The fourth-order valence-electron chi connectivity index (χ4n) is 2.28. The lowest BCUT2D eigenvalue weighted by molar-refractivity contribution is 0.0383. The monoisotopic (exact) mass is 277 g/mol. The maximum Gasteiger partial charge on any atom is 0.126 e. The van der Waals surface area contributed by atoms with Gasteiger partial charge in [0, 0.05) is 26.2 Å². The Hall–Kier alpha value is -1.48. The summed E-state index contributed by atoms with van der Waals surface area (Å²) in [5.74, 6) is -0.237. The summed E-state index contributed by atoms with van der Waals surface area (Å²) in [6.45, 7) is 6.76. The van der Waals surface area contributed by atoms with Gasteiger partial charge >= 0.3 is 0 Å². The van der Waals surface area contributed by atoms with Crippen LogP contribution in [0.4, 0.5) is 4.39 Å². The summed E-state index contributed by atoms with van der Waals surface area (Å²) in [6, 6.07) is 6.64. The summed E-state index contributed by atoms with van der Waals surface area (Å²) in [6.07, 6.45) is 0. The lowest BCUT2D eigenvalue weighted by atomic mass is 10.1. The maximum atomic E-state index is 13.2. The van der Waals surface area contributed by atoms with Gasteiger partial charge in [0.25, 0.3) is 0 Å². The second-order valence-corrected chi connectivity index (χ2v) is 4.98. The second kappa shape index (κ2) is 7.34. The summed E-state index contributed by atoms with van der Waals surface area (Å²) < 4.78 is 18.5. The number of ether oxygens (including phenoxy) is 1. The quantitative estimate of drug-likeness (QED) is 0.888. The first-order chi connectivity index (χ1) is 9.70. The molecule has 1 aliphatic rings. The third-order valence-corrected chi connectivity index (χ3v) is 3.52. The molecule has 0 spiro atoms. The van der Waals surface area contributed by atoms with Crippen molar-refractivity contribution in [3.8, 4) is 6.07 Å². The van der Waals surface area contributed by atoms with Crippen LogP contribution in [0, 0.1) is 24.1 Å². The molecule has 5 heteroatoms. The van der Waals surface area contributed by atoms with E-state index >= 15 is 0 Å². The number of nitrogens with one attached hydrogen (secondary N) is 1. The Balaban J connectivity index is 1.85. The molecule has 20 heavy (non-hydrogen) atoms. The average Bonchev–Trinajstić information content (AvgIpc) is 2.48. The first-order valence-corrected chi connectivity index (χ1v) is 6.90. The Morgan fingerprint density at radius 2 is 2.20 bits per heavy atom. The minimum atomic E-state index is -0.393. The van der Waals surface area contributed by atoms with E-state index in [9.17, 15) is 9.65 Å². The van der Waals surface area contributed by atoms with Crippen LogP contribution in [0.1, 0.15) is 17.2 Å². The van der Waals surface area contributed by atoms with Gasteiger partial charge in [-0.1, -0.05) is 12.1 Å². The topological polar surface area (TPSA) is 48.3 Å². The Bertz CT molecular complexity index is 480. The zero-order valence-electron chi connectivity index (χ0n) is 11.7. The first-order valence-electron chi connectivity index (χ1n) is 6.90. The molecule has 1 aliphatic heterocycles. The fourth-order valence-corrected chi connectivity index (χ4v) is 2.28. The van der Waals surface area contributed by atoms with E-state index in [1.54, 1.807) is 19.1 Å². The van der Waals surface area contributed by atoms with Crippen LogP contribution >= 0.6 is 0 Å². The molecule has 1 N–H and O–H groups in total. The number of halogens is 1. The van der Waals surface area contributed by atoms with Gasteiger partial charge < -0.3 is 4.74 Å². The Kier molecular flexibility index (Phi) is 5.48. The first kappa shape index (κ1) is 14.9. The molecule has 0 amide bonds. The van der Waals surface area contributed by atoms with Crippen molar-refractivity contribution in [3.63, 3.8) is 0 Å². The van der Waals surface area contributed by atoms with Gasteiger partial charge in [0.05, 0.1) is 19.3 Å². The molecule has 1 fully saturated rings. The number of morpholine rings is 1. The number of rotatable bonds is 5. The molecule has 0 saturated carbocycles. The smallest absolute Gasteiger partial charge is 0.126 e. The Labute approximate surface area is 119 Å². The largest absolute Gasteiger partial charge is 0.379 e. The standard InChI is InChI=1S/C15H20FN3O/c1-12-10-13(2-3-14(12)16)15(11-17)18-4-5-19-6-8-20-9-7-19/h2-3,10,15,18H,4-9H2,1H3. The van der Waals surface area contributed by atoms with Crippen LogP contribution in [-0.4, -0.2) is 44.3 Å². The molecular weight excluding hydrogens is 257 g/mol. The number of nitrogens with zero attached hydrogens (tertiary/aromatic N) is 2. The van der Waals surface area contributed by atoms with Crippen LogP contribution in [0.3, 0.4) is 0 Å². The van der Waals surface area contributed by atoms with Gasteiger partial charge in [-0.15, -0.1) is 0 Å². The van der Waals surface area contributed by atoms with Crippen LogP contribution < -0.4 is 5.32 Å². The molecule has 1 aromatic carbocycles. The van der Waals surface area contributed by atoms with Gasteiger partial charge in [-0.25, -0.2) is 4.39 Å². The van der Waals surface area contributed by atoms with E-state index in [2.05, 4.69) is 16.3 Å². The highest BCUT2D eigenvalue weighted by Crippen LogP contribution is 2.16. The van der Waals surface area contributed by atoms with Crippen LogP contribution in [0.5, 0.6) is 0 Å². The van der Waals surface area contributed by atoms with Gasteiger partial charge in [0.1, 0.15) is 11.9 Å². The maximum absolute atomic E-state index is 13.2. The number of benzene rings is 1. The zero-order chi connectivity index (χ0) is 14.4. The highest BCUT2D eigenvalue weighted by molar-refractivity contribution is 5.29. The minimum absolute atomic E-state index is 0.237. The third-order valence-electron chi connectivity index (χ3n) is 3.52. The molecule has 0 aromatic heterocycles. The van der Waals surface area contributed by atoms with Gasteiger partial charge in [-0.05, 0) is 24.1 Å².